The van der Waals surface area contributed by atoms with Crippen molar-refractivity contribution in [2.75, 3.05) is 11.9 Å². The highest BCUT2D eigenvalue weighted by Gasteiger charge is 2.12. The molecule has 1 unspecified atom stereocenters. The van der Waals surface area contributed by atoms with Crippen LogP contribution in [-0.4, -0.2) is 6.54 Å². The lowest BCUT2D eigenvalue weighted by Crippen LogP contribution is -2.09. The van der Waals surface area contributed by atoms with E-state index in [1.807, 2.05) is 0 Å². The fourth-order valence-electron chi connectivity index (χ4n) is 2.03. The van der Waals surface area contributed by atoms with E-state index >= 15 is 0 Å². The average Bonchev–Trinajstić information content (AvgIpc) is 2.64. The molecule has 0 bridgehead atoms. The third-order valence-corrected chi connectivity index (χ3v) is 2.87. The van der Waals surface area contributed by atoms with E-state index in [0.717, 1.165) is 25.8 Å². The van der Waals surface area contributed by atoms with Crippen molar-refractivity contribution in [3.8, 4) is 0 Å². The quantitative estimate of drug-likeness (QED) is 0.768. The smallest absolute Gasteiger partial charge is 0.0373 e. The molecule has 1 aromatic carbocycles. The molecule has 0 aliphatic carbocycles. The van der Waals surface area contributed by atoms with E-state index in [4.69, 9.17) is 5.73 Å². The molecule has 3 N–H and O–H groups in total. The van der Waals surface area contributed by atoms with Gasteiger partial charge in [-0.1, -0.05) is 25.5 Å². The summed E-state index contributed by atoms with van der Waals surface area (Å²) in [7, 11) is 0. The highest BCUT2D eigenvalue weighted by Crippen LogP contribution is 2.26. The lowest BCUT2D eigenvalue weighted by atomic mass is 10.00. The van der Waals surface area contributed by atoms with Crippen molar-refractivity contribution in [3.05, 3.63) is 29.3 Å². The Labute approximate surface area is 85.5 Å². The van der Waals surface area contributed by atoms with Gasteiger partial charge in [-0.2, -0.15) is 0 Å². The minimum absolute atomic E-state index is 0.214. The topological polar surface area (TPSA) is 38.0 Å². The third kappa shape index (κ3) is 1.75. The van der Waals surface area contributed by atoms with Crippen molar-refractivity contribution >= 4 is 5.69 Å². The Bertz CT molecular complexity index is 320. The predicted molar refractivity (Wildman–Crippen MR) is 60.5 cm³/mol. The molecule has 0 fully saturated rings. The van der Waals surface area contributed by atoms with Crippen molar-refractivity contribution < 1.29 is 0 Å². The van der Waals surface area contributed by atoms with Crippen LogP contribution in [0.25, 0.3) is 0 Å². The molecule has 1 aromatic rings. The molecule has 1 aliphatic heterocycles. The van der Waals surface area contributed by atoms with Gasteiger partial charge in [-0.15, -0.1) is 0 Å². The van der Waals surface area contributed by atoms with E-state index in [9.17, 15) is 0 Å². The van der Waals surface area contributed by atoms with Crippen LogP contribution in [0.2, 0.25) is 0 Å². The minimum Gasteiger partial charge on any atom is -0.384 e. The Kier molecular flexibility index (Phi) is 2.73. The zero-order chi connectivity index (χ0) is 9.97. The molecule has 0 saturated heterocycles. The highest BCUT2D eigenvalue weighted by molar-refractivity contribution is 5.56. The third-order valence-electron chi connectivity index (χ3n) is 2.87. The van der Waals surface area contributed by atoms with E-state index in [2.05, 4.69) is 30.4 Å². The molecule has 0 saturated carbocycles. The minimum atomic E-state index is 0.214. The number of rotatable bonds is 3. The molecule has 0 radical (unpaired) electrons. The second-order valence-electron chi connectivity index (χ2n) is 3.99. The van der Waals surface area contributed by atoms with Gasteiger partial charge in [0.05, 0.1) is 0 Å². The molecule has 2 nitrogen and oxygen atoms in total. The zero-order valence-corrected chi connectivity index (χ0v) is 8.72. The fourth-order valence-corrected chi connectivity index (χ4v) is 2.03. The first-order valence-corrected chi connectivity index (χ1v) is 5.43. The van der Waals surface area contributed by atoms with Crippen molar-refractivity contribution in [2.45, 2.75) is 32.2 Å². The van der Waals surface area contributed by atoms with Crippen LogP contribution in [0.15, 0.2) is 18.2 Å². The second-order valence-corrected chi connectivity index (χ2v) is 3.99. The summed E-state index contributed by atoms with van der Waals surface area (Å²) in [6, 6.07) is 6.78. The van der Waals surface area contributed by atoms with Gasteiger partial charge in [0.1, 0.15) is 0 Å². The highest BCUT2D eigenvalue weighted by atomic mass is 14.9. The summed E-state index contributed by atoms with van der Waals surface area (Å²) in [6.45, 7) is 3.25. The lowest BCUT2D eigenvalue weighted by Gasteiger charge is -2.12. The summed E-state index contributed by atoms with van der Waals surface area (Å²) >= 11 is 0. The summed E-state index contributed by atoms with van der Waals surface area (Å²) < 4.78 is 0. The van der Waals surface area contributed by atoms with Gasteiger partial charge in [-0.25, -0.2) is 0 Å². The van der Waals surface area contributed by atoms with Gasteiger partial charge < -0.3 is 11.1 Å². The Hall–Kier alpha value is -1.02. The van der Waals surface area contributed by atoms with Gasteiger partial charge in [0.25, 0.3) is 0 Å². The van der Waals surface area contributed by atoms with Crippen LogP contribution in [-0.2, 0) is 6.42 Å². The van der Waals surface area contributed by atoms with Crippen LogP contribution in [0.4, 0.5) is 5.69 Å². The maximum atomic E-state index is 6.08. The van der Waals surface area contributed by atoms with E-state index in [1.54, 1.807) is 0 Å². The Balaban J connectivity index is 2.19. The Morgan fingerprint density at radius 3 is 3.14 bits per heavy atom. The van der Waals surface area contributed by atoms with Crippen molar-refractivity contribution in [3.63, 3.8) is 0 Å². The van der Waals surface area contributed by atoms with E-state index in [0.29, 0.717) is 0 Å². The number of hydrogen-bond acceptors (Lipinski definition) is 2. The predicted octanol–water partition coefficient (Wildman–Crippen LogP) is 2.45. The number of nitrogens with one attached hydrogen (secondary N) is 1. The number of hydrogen-bond donors (Lipinski definition) is 2. The maximum absolute atomic E-state index is 6.08. The monoisotopic (exact) mass is 190 g/mol. The van der Waals surface area contributed by atoms with E-state index in [-0.39, 0.29) is 6.04 Å². The molecular weight excluding hydrogens is 172 g/mol. The van der Waals surface area contributed by atoms with Gasteiger partial charge in [0.15, 0.2) is 0 Å². The average molecular weight is 190 g/mol. The molecule has 0 amide bonds. The first-order valence-electron chi connectivity index (χ1n) is 5.43. The summed E-state index contributed by atoms with van der Waals surface area (Å²) in [5.74, 6) is 0. The molecule has 0 spiro atoms. The summed E-state index contributed by atoms with van der Waals surface area (Å²) in [4.78, 5) is 0. The Morgan fingerprint density at radius 2 is 2.36 bits per heavy atom. The molecule has 14 heavy (non-hydrogen) atoms. The van der Waals surface area contributed by atoms with Crippen molar-refractivity contribution in [2.24, 2.45) is 5.73 Å². The van der Waals surface area contributed by atoms with Crippen LogP contribution in [0.1, 0.15) is 36.9 Å². The van der Waals surface area contributed by atoms with Crippen molar-refractivity contribution in [1.29, 1.82) is 0 Å². The molecular formula is C12H18N2. The van der Waals surface area contributed by atoms with Crippen LogP contribution in [0, 0.1) is 0 Å². The van der Waals surface area contributed by atoms with Gasteiger partial charge in [0.2, 0.25) is 0 Å². The van der Waals surface area contributed by atoms with Crippen LogP contribution in [0.3, 0.4) is 0 Å². The zero-order valence-electron chi connectivity index (χ0n) is 8.72. The second kappa shape index (κ2) is 4.01. The number of fused-ring (bicyclic) bond motifs is 1. The molecule has 1 aliphatic rings. The van der Waals surface area contributed by atoms with Gasteiger partial charge in [0, 0.05) is 18.3 Å². The first kappa shape index (κ1) is 9.53. The van der Waals surface area contributed by atoms with Gasteiger partial charge in [-0.3, -0.25) is 0 Å². The lowest BCUT2D eigenvalue weighted by molar-refractivity contribution is 0.638. The van der Waals surface area contributed by atoms with E-state index < -0.39 is 0 Å². The molecule has 76 valence electrons. The van der Waals surface area contributed by atoms with Gasteiger partial charge in [-0.05, 0) is 30.0 Å². The standard InChI is InChI=1S/C12H18N2/c1-2-3-11(13)9-4-5-12-10(8-9)6-7-14-12/h4-5,8,11,14H,2-3,6-7,13H2,1H3. The SMILES string of the molecule is CCCC(N)c1ccc2c(c1)CCN2. The van der Waals surface area contributed by atoms with Gasteiger partial charge >= 0.3 is 0 Å². The first-order chi connectivity index (χ1) is 6.81. The van der Waals surface area contributed by atoms with Crippen LogP contribution < -0.4 is 11.1 Å². The molecule has 0 aromatic heterocycles. The van der Waals surface area contributed by atoms with Crippen LogP contribution in [0.5, 0.6) is 0 Å². The maximum Gasteiger partial charge on any atom is 0.0373 e. The summed E-state index contributed by atoms with van der Waals surface area (Å²) in [5.41, 5.74) is 10.1. The molecule has 1 atom stereocenters. The van der Waals surface area contributed by atoms with Crippen LogP contribution >= 0.6 is 0 Å². The largest absolute Gasteiger partial charge is 0.384 e. The number of nitrogens with two attached hydrogens (primary N) is 1. The molecule has 2 rings (SSSR count). The number of benzene rings is 1. The normalized spacial score (nSPS) is 16.1. The molecule has 2 heteroatoms. The summed E-state index contributed by atoms with van der Waals surface area (Å²) in [5, 5.41) is 3.36. The fraction of sp³-hybridized carbons (Fsp3) is 0.500. The van der Waals surface area contributed by atoms with Crippen molar-refractivity contribution in [1.82, 2.24) is 0 Å². The summed E-state index contributed by atoms with van der Waals surface area (Å²) in [6.07, 6.45) is 3.37. The van der Waals surface area contributed by atoms with E-state index in [1.165, 1.54) is 16.8 Å². The number of anilines is 1. The molecule has 1 heterocycles. The Morgan fingerprint density at radius 1 is 1.50 bits per heavy atom.